The molecule has 0 bridgehead atoms. The molecule has 48 heavy (non-hydrogen) atoms. The third-order valence-corrected chi connectivity index (χ3v) is 11.6. The van der Waals surface area contributed by atoms with E-state index in [0.29, 0.717) is 0 Å². The van der Waals surface area contributed by atoms with Crippen molar-refractivity contribution in [3.05, 3.63) is 225 Å². The Morgan fingerprint density at radius 1 is 0.333 bits per heavy atom. The van der Waals surface area contributed by atoms with Crippen molar-refractivity contribution >= 4 is 57.4 Å². The number of hydrogen-bond donors (Lipinski definition) is 0. The summed E-state index contributed by atoms with van der Waals surface area (Å²) < 4.78 is 7.50. The van der Waals surface area contributed by atoms with E-state index in [1.165, 1.54) is 31.8 Å². The third kappa shape index (κ3) is 12.9. The Morgan fingerprint density at radius 2 is 0.500 bits per heavy atom. The number of rotatable bonds is 6. The number of halogens is 1. The molecule has 7 aromatic carbocycles. The Kier molecular flexibility index (Phi) is 19.4. The summed E-state index contributed by atoms with van der Waals surface area (Å²) in [4.78, 5) is 0. The molecule has 0 radical (unpaired) electrons. The summed E-state index contributed by atoms with van der Waals surface area (Å²) in [5, 5.41) is 8.39. The Balaban J connectivity index is 0.000000204. The van der Waals surface area contributed by atoms with Crippen molar-refractivity contribution < 1.29 is 22.0 Å². The molecule has 0 fully saturated rings. The van der Waals surface area contributed by atoms with Gasteiger partial charge in [-0.1, -0.05) is 182 Å². The van der Waals surface area contributed by atoms with Crippen LogP contribution in [0, 0.1) is 12.7 Å². The largest absolute Gasteiger partial charge is 0.184 e. The molecule has 7 rings (SSSR count). The summed E-state index contributed by atoms with van der Waals surface area (Å²) in [5.41, 5.74) is 0. The van der Waals surface area contributed by atoms with Crippen molar-refractivity contribution in [2.75, 3.05) is 0 Å². The van der Waals surface area contributed by atoms with Gasteiger partial charge < -0.3 is 0 Å². The maximum absolute atomic E-state index is 7.50. The fraction of sp³-hybridized carbons (Fsp3) is 0. The minimum atomic E-state index is -0.446. The van der Waals surface area contributed by atoms with Gasteiger partial charge in [-0.25, -0.2) is 0 Å². The minimum absolute atomic E-state index is 0.446. The molecule has 0 amide bonds. The van der Waals surface area contributed by atoms with Gasteiger partial charge in [0.25, 0.3) is 0 Å². The Morgan fingerprint density at radius 3 is 0.625 bits per heavy atom. The van der Waals surface area contributed by atoms with Crippen molar-refractivity contribution in [3.63, 3.8) is 0 Å². The zero-order valence-corrected chi connectivity index (χ0v) is 30.5. The zero-order valence-electron chi connectivity index (χ0n) is 26.2. The number of hydrogen-bond acceptors (Lipinski definition) is 0. The van der Waals surface area contributed by atoms with Gasteiger partial charge in [0.1, 0.15) is 0 Å². The molecule has 0 aliphatic heterocycles. The smallest absolute Gasteiger partial charge is 0.0134 e. The molecular weight excluding hydrogens is 731 g/mol. The second-order valence-electron chi connectivity index (χ2n) is 9.76. The average Bonchev–Trinajstić information content (AvgIpc) is 3.20. The second kappa shape index (κ2) is 24.2. The van der Waals surface area contributed by atoms with Gasteiger partial charge in [-0.15, -0.1) is 0 Å². The van der Waals surface area contributed by atoms with Crippen LogP contribution >= 0.6 is 25.5 Å². The van der Waals surface area contributed by atoms with Gasteiger partial charge >= 0.3 is 38.3 Å². The van der Waals surface area contributed by atoms with Crippen molar-refractivity contribution in [3.8, 4) is 0 Å². The summed E-state index contributed by atoms with van der Waals surface area (Å²) in [6.45, 7) is 4.50. The van der Waals surface area contributed by atoms with E-state index in [-0.39, 0.29) is 0 Å². The molecule has 0 aliphatic carbocycles. The molecule has 0 N–H and O–H groups in total. The van der Waals surface area contributed by atoms with E-state index in [4.69, 9.17) is 4.65 Å². The molecule has 0 aromatic heterocycles. The van der Waals surface area contributed by atoms with Crippen LogP contribution in [0.25, 0.3) is 0 Å². The fourth-order valence-corrected chi connectivity index (χ4v) is 9.31. The Labute approximate surface area is 302 Å². The number of benzene rings is 7. The molecule has 0 unspecified atom stereocenters. The molecule has 1 nitrogen and oxygen atoms in total. The van der Waals surface area contributed by atoms with E-state index in [1.54, 1.807) is 0 Å². The van der Waals surface area contributed by atoms with E-state index in [2.05, 4.69) is 204 Å². The van der Waals surface area contributed by atoms with Gasteiger partial charge in [0, 0.05) is 0 Å². The van der Waals surface area contributed by atoms with E-state index >= 15 is 0 Å². The van der Waals surface area contributed by atoms with Gasteiger partial charge in [0.2, 0.25) is 0 Å². The predicted molar refractivity (Wildman–Crippen MR) is 205 cm³/mol. The topological polar surface area (TPSA) is 19.9 Å². The maximum Gasteiger partial charge on any atom is -0.0134 e. The summed E-state index contributed by atoms with van der Waals surface area (Å²) in [5.74, 6) is 0. The standard InChI is InChI=1S/2C18H15P.C6H5.CO.ClH.Ru/c2*1-4-10-16(11-5-1)19(17-12-6-2-7-13-17)18-14-8-3-9-15-18;1-2-4-6-5-3-1;1-2;;/h2*1-15H;1-5H;;1H;/q;;-1;;;+2/p-1. The van der Waals surface area contributed by atoms with Crippen LogP contribution in [0.5, 0.6) is 0 Å². The monoisotopic (exact) mass is 766 g/mol. The Bertz CT molecular complexity index is 1450. The van der Waals surface area contributed by atoms with Crippen molar-refractivity contribution in [2.24, 2.45) is 0 Å². The second-order valence-corrected chi connectivity index (χ2v) is 14.2. The van der Waals surface area contributed by atoms with E-state index in [1.807, 2.05) is 47.6 Å². The first-order chi connectivity index (χ1) is 23.9. The van der Waals surface area contributed by atoms with Crippen LogP contribution in [0.4, 0.5) is 0 Å². The van der Waals surface area contributed by atoms with Gasteiger partial charge in [-0.2, -0.15) is 36.4 Å². The van der Waals surface area contributed by atoms with Crippen LogP contribution in [-0.2, 0) is 22.0 Å². The van der Waals surface area contributed by atoms with E-state index < -0.39 is 15.8 Å². The first-order valence-corrected chi connectivity index (χ1v) is 20.0. The predicted octanol–water partition coefficient (Wildman–Crippen LogP) is 9.03. The van der Waals surface area contributed by atoms with Crippen LogP contribution in [0.1, 0.15) is 0 Å². The third-order valence-electron chi connectivity index (χ3n) is 6.69. The van der Waals surface area contributed by atoms with E-state index in [0.717, 1.165) is 0 Å². The first-order valence-electron chi connectivity index (χ1n) is 15.1. The molecule has 7 aromatic rings. The molecule has 0 saturated carbocycles. The summed E-state index contributed by atoms with van der Waals surface area (Å²) in [7, 11) is 3.68. The van der Waals surface area contributed by atoms with Crippen LogP contribution < -0.4 is 31.8 Å². The molecular formula is C43H35ClOP2Ru. The molecule has 5 heteroatoms. The molecule has 238 valence electrons. The normalized spacial score (nSPS) is 9.54. The summed E-state index contributed by atoms with van der Waals surface area (Å²) >= 11 is 1.82. The van der Waals surface area contributed by atoms with E-state index in [9.17, 15) is 0 Å². The van der Waals surface area contributed by atoms with Crippen molar-refractivity contribution in [2.45, 2.75) is 0 Å². The molecule has 0 heterocycles. The summed E-state index contributed by atoms with van der Waals surface area (Å²) in [6, 6.07) is 77.2. The molecule has 0 atom stereocenters. The van der Waals surface area contributed by atoms with Gasteiger partial charge in [0.15, 0.2) is 0 Å². The maximum atomic E-state index is 7.50. The Hall–Kier alpha value is -3.95. The quantitative estimate of drug-likeness (QED) is 0.0698. The van der Waals surface area contributed by atoms with Crippen LogP contribution in [0.3, 0.4) is 0 Å². The van der Waals surface area contributed by atoms with Crippen LogP contribution in [0.15, 0.2) is 212 Å². The molecule has 0 aliphatic rings. The van der Waals surface area contributed by atoms with Crippen LogP contribution in [-0.4, -0.2) is 0 Å². The zero-order chi connectivity index (χ0) is 34.1. The molecule has 0 spiro atoms. The average molecular weight is 766 g/mol. The minimum Gasteiger partial charge on any atom is -0.184 e. The van der Waals surface area contributed by atoms with Crippen molar-refractivity contribution in [1.29, 1.82) is 0 Å². The first kappa shape index (κ1) is 38.5. The fourth-order valence-electron chi connectivity index (χ4n) is 4.70. The van der Waals surface area contributed by atoms with Crippen LogP contribution in [0.2, 0.25) is 0 Å². The SMILES string of the molecule is [C-]#[O+].[Cl][Ru+].[c-]1ccccc1.c1ccc(P(c2ccccc2)c2ccccc2)cc1.c1ccc(P(c2ccccc2)c2ccccc2)cc1. The van der Waals surface area contributed by atoms with Crippen molar-refractivity contribution in [1.82, 2.24) is 0 Å². The van der Waals surface area contributed by atoms with Gasteiger partial charge in [-0.3, -0.25) is 0 Å². The van der Waals surface area contributed by atoms with Gasteiger partial charge in [-0.05, 0) is 47.7 Å². The van der Waals surface area contributed by atoms with Gasteiger partial charge in [0.05, 0.1) is 0 Å². The molecule has 0 saturated heterocycles. The summed E-state index contributed by atoms with van der Waals surface area (Å²) in [6.07, 6.45) is 0.